The van der Waals surface area contributed by atoms with Gasteiger partial charge >= 0.3 is 0 Å². The third kappa shape index (κ3) is 3.35. The Bertz CT molecular complexity index is 599. The molecule has 5 nitrogen and oxygen atoms in total. The lowest BCUT2D eigenvalue weighted by Gasteiger charge is -2.07. The number of nitrogens with two attached hydrogens (primary N) is 1. The molecule has 19 heavy (non-hydrogen) atoms. The Morgan fingerprint density at radius 3 is 2.47 bits per heavy atom. The van der Waals surface area contributed by atoms with E-state index in [-0.39, 0.29) is 11.4 Å². The highest BCUT2D eigenvalue weighted by Crippen LogP contribution is 2.26. The smallest absolute Gasteiger partial charge is 0.292 e. The monoisotopic (exact) mass is 278 g/mol. The molecule has 0 aliphatic rings. The van der Waals surface area contributed by atoms with Crippen molar-refractivity contribution < 1.29 is 9.66 Å². The first kappa shape index (κ1) is 13.2. The molecule has 0 fully saturated rings. The minimum atomic E-state index is -0.529. The van der Waals surface area contributed by atoms with Crippen molar-refractivity contribution in [3.63, 3.8) is 0 Å². The lowest BCUT2D eigenvalue weighted by atomic mass is 10.2. The molecule has 0 radical (unpaired) electrons. The Hall–Kier alpha value is -2.27. The summed E-state index contributed by atoms with van der Waals surface area (Å²) in [4.78, 5) is 10.1. The minimum absolute atomic E-state index is 0.0820. The highest BCUT2D eigenvalue weighted by molar-refractivity contribution is 6.30. The van der Waals surface area contributed by atoms with Crippen LogP contribution < -0.4 is 10.5 Å². The van der Waals surface area contributed by atoms with Crippen LogP contribution in [-0.2, 0) is 6.61 Å². The zero-order chi connectivity index (χ0) is 13.8. The summed E-state index contributed by atoms with van der Waals surface area (Å²) in [6.45, 7) is 0.342. The first-order chi connectivity index (χ1) is 9.06. The van der Waals surface area contributed by atoms with Crippen molar-refractivity contribution in [3.8, 4) is 5.75 Å². The van der Waals surface area contributed by atoms with Gasteiger partial charge in [0, 0.05) is 17.2 Å². The van der Waals surface area contributed by atoms with Gasteiger partial charge in [0.25, 0.3) is 5.69 Å². The molecule has 0 saturated heterocycles. The zero-order valence-electron chi connectivity index (χ0n) is 9.88. The average molecular weight is 279 g/mol. The predicted octanol–water partition coefficient (Wildman–Crippen LogP) is 3.41. The van der Waals surface area contributed by atoms with Gasteiger partial charge in [-0.1, -0.05) is 23.7 Å². The minimum Gasteiger partial charge on any atom is -0.489 e. The van der Waals surface area contributed by atoms with Crippen LogP contribution in [0.5, 0.6) is 5.75 Å². The normalized spacial score (nSPS) is 10.2. The number of benzene rings is 2. The zero-order valence-corrected chi connectivity index (χ0v) is 10.6. The van der Waals surface area contributed by atoms with E-state index in [4.69, 9.17) is 22.1 Å². The molecule has 2 rings (SSSR count). The summed E-state index contributed by atoms with van der Waals surface area (Å²) in [7, 11) is 0. The first-order valence-corrected chi connectivity index (χ1v) is 5.85. The number of anilines is 1. The van der Waals surface area contributed by atoms with Crippen molar-refractivity contribution in [1.29, 1.82) is 0 Å². The fraction of sp³-hybridized carbons (Fsp3) is 0.0769. The number of nitrogen functional groups attached to an aromatic ring is 1. The molecule has 2 aromatic carbocycles. The summed E-state index contributed by atoms with van der Waals surface area (Å²) in [5.41, 5.74) is 6.47. The number of nitro groups is 1. The van der Waals surface area contributed by atoms with E-state index in [2.05, 4.69) is 0 Å². The van der Waals surface area contributed by atoms with E-state index in [9.17, 15) is 10.1 Å². The highest BCUT2D eigenvalue weighted by atomic mass is 35.5. The lowest BCUT2D eigenvalue weighted by Crippen LogP contribution is -1.98. The molecule has 2 aromatic rings. The van der Waals surface area contributed by atoms with E-state index in [1.807, 2.05) is 12.1 Å². The second-order valence-electron chi connectivity index (χ2n) is 3.89. The topological polar surface area (TPSA) is 78.4 Å². The van der Waals surface area contributed by atoms with Crippen LogP contribution in [-0.4, -0.2) is 4.92 Å². The van der Waals surface area contributed by atoms with Gasteiger partial charge in [0.05, 0.1) is 4.92 Å². The van der Waals surface area contributed by atoms with Crippen LogP contribution in [0.25, 0.3) is 0 Å². The number of rotatable bonds is 4. The molecule has 6 heteroatoms. The molecule has 98 valence electrons. The van der Waals surface area contributed by atoms with Gasteiger partial charge < -0.3 is 10.5 Å². The van der Waals surface area contributed by atoms with Crippen LogP contribution >= 0.6 is 11.6 Å². The third-order valence-electron chi connectivity index (χ3n) is 2.51. The molecular formula is C13H11ClN2O3. The van der Waals surface area contributed by atoms with Crippen molar-refractivity contribution >= 4 is 23.0 Å². The molecule has 0 heterocycles. The molecule has 0 unspecified atom stereocenters. The summed E-state index contributed by atoms with van der Waals surface area (Å²) in [5.74, 6) is 0.484. The maximum Gasteiger partial charge on any atom is 0.292 e. The van der Waals surface area contributed by atoms with Crippen molar-refractivity contribution in [3.05, 3.63) is 63.2 Å². The molecule has 0 aliphatic heterocycles. The van der Waals surface area contributed by atoms with Gasteiger partial charge in [-0.15, -0.1) is 0 Å². The van der Waals surface area contributed by atoms with Crippen LogP contribution in [0.15, 0.2) is 42.5 Å². The number of nitro benzene ring substituents is 1. The largest absolute Gasteiger partial charge is 0.489 e. The predicted molar refractivity (Wildman–Crippen MR) is 73.3 cm³/mol. The number of halogens is 1. The van der Waals surface area contributed by atoms with E-state index in [0.29, 0.717) is 17.4 Å². The quantitative estimate of drug-likeness (QED) is 0.528. The fourth-order valence-corrected chi connectivity index (χ4v) is 1.66. The summed E-state index contributed by atoms with van der Waals surface area (Å²) >= 11 is 5.78. The molecule has 0 aromatic heterocycles. The molecule has 0 atom stereocenters. The number of ether oxygens (including phenoxy) is 1. The van der Waals surface area contributed by atoms with E-state index >= 15 is 0 Å². The lowest BCUT2D eigenvalue weighted by molar-refractivity contribution is -0.383. The van der Waals surface area contributed by atoms with Gasteiger partial charge in [-0.3, -0.25) is 10.1 Å². The Morgan fingerprint density at radius 1 is 1.21 bits per heavy atom. The van der Waals surface area contributed by atoms with Gasteiger partial charge in [0.2, 0.25) is 0 Å². The number of hydrogen-bond acceptors (Lipinski definition) is 4. The Balaban J connectivity index is 2.06. The second-order valence-corrected chi connectivity index (χ2v) is 4.33. The molecule has 2 N–H and O–H groups in total. The summed E-state index contributed by atoms with van der Waals surface area (Å²) < 4.78 is 5.50. The summed E-state index contributed by atoms with van der Waals surface area (Å²) in [6.07, 6.45) is 0. The average Bonchev–Trinajstić information content (AvgIpc) is 2.37. The summed E-state index contributed by atoms with van der Waals surface area (Å²) in [5, 5.41) is 11.3. The van der Waals surface area contributed by atoms with Crippen LogP contribution in [0, 0.1) is 10.1 Å². The first-order valence-electron chi connectivity index (χ1n) is 5.47. The SMILES string of the molecule is Nc1cc(OCc2ccc(Cl)cc2)ccc1[N+](=O)[O-]. The number of hydrogen-bond donors (Lipinski definition) is 1. The second kappa shape index (κ2) is 5.58. The maximum atomic E-state index is 10.6. The van der Waals surface area contributed by atoms with Crippen LogP contribution in [0.4, 0.5) is 11.4 Å². The van der Waals surface area contributed by atoms with Gasteiger partial charge in [-0.25, -0.2) is 0 Å². The van der Waals surface area contributed by atoms with E-state index in [0.717, 1.165) is 5.56 Å². The van der Waals surface area contributed by atoms with Gasteiger partial charge in [-0.2, -0.15) is 0 Å². The Morgan fingerprint density at radius 2 is 1.89 bits per heavy atom. The summed E-state index contributed by atoms with van der Waals surface area (Å²) in [6, 6.07) is 11.5. The molecule has 0 saturated carbocycles. The van der Waals surface area contributed by atoms with Crippen molar-refractivity contribution in [2.45, 2.75) is 6.61 Å². The van der Waals surface area contributed by atoms with E-state index in [1.165, 1.54) is 18.2 Å². The third-order valence-corrected chi connectivity index (χ3v) is 2.77. The Kier molecular flexibility index (Phi) is 3.87. The van der Waals surface area contributed by atoms with Gasteiger partial charge in [-0.05, 0) is 23.8 Å². The van der Waals surface area contributed by atoms with Gasteiger partial charge in [0.15, 0.2) is 0 Å². The van der Waals surface area contributed by atoms with Crippen molar-refractivity contribution in [1.82, 2.24) is 0 Å². The van der Waals surface area contributed by atoms with Crippen LogP contribution in [0.3, 0.4) is 0 Å². The van der Waals surface area contributed by atoms with Crippen LogP contribution in [0.1, 0.15) is 5.56 Å². The number of nitrogens with zero attached hydrogens (tertiary/aromatic N) is 1. The standard InChI is InChI=1S/C13H11ClN2O3/c14-10-3-1-9(2-4-10)8-19-11-5-6-13(16(17)18)12(15)7-11/h1-7H,8,15H2. The van der Waals surface area contributed by atoms with E-state index < -0.39 is 4.92 Å². The maximum absolute atomic E-state index is 10.6. The molecule has 0 amide bonds. The van der Waals surface area contributed by atoms with E-state index in [1.54, 1.807) is 12.1 Å². The molecule has 0 bridgehead atoms. The molecular weight excluding hydrogens is 268 g/mol. The highest BCUT2D eigenvalue weighted by Gasteiger charge is 2.11. The van der Waals surface area contributed by atoms with Crippen molar-refractivity contribution in [2.75, 3.05) is 5.73 Å². The molecule has 0 aliphatic carbocycles. The fourth-order valence-electron chi connectivity index (χ4n) is 1.54. The van der Waals surface area contributed by atoms with Gasteiger partial charge in [0.1, 0.15) is 18.0 Å². The molecule has 0 spiro atoms. The Labute approximate surface area is 114 Å². The van der Waals surface area contributed by atoms with Crippen molar-refractivity contribution in [2.24, 2.45) is 0 Å². The van der Waals surface area contributed by atoms with Crippen LogP contribution in [0.2, 0.25) is 5.02 Å².